The Labute approximate surface area is 190 Å². The molecular formula is C25H45N3O3. The summed E-state index contributed by atoms with van der Waals surface area (Å²) in [5, 5.41) is 0. The Bertz CT molecular complexity index is 650. The van der Waals surface area contributed by atoms with Gasteiger partial charge in [0.25, 0.3) is 0 Å². The van der Waals surface area contributed by atoms with Crippen LogP contribution in [0.15, 0.2) is 48.3 Å². The molecule has 0 radical (unpaired) electrons. The molecule has 1 aromatic carbocycles. The minimum absolute atomic E-state index is 0.298. The lowest BCUT2D eigenvalue weighted by molar-refractivity contribution is 0.0251. The number of ether oxygens (including phenoxy) is 2. The zero-order valence-electron chi connectivity index (χ0n) is 20.9. The van der Waals surface area contributed by atoms with Gasteiger partial charge in [0.15, 0.2) is 0 Å². The van der Waals surface area contributed by atoms with E-state index in [2.05, 4.69) is 5.73 Å². The maximum atomic E-state index is 12.4. The molecule has 0 aliphatic rings. The van der Waals surface area contributed by atoms with E-state index in [-0.39, 0.29) is 6.09 Å². The fourth-order valence-corrected chi connectivity index (χ4v) is 2.42. The first-order valence-electron chi connectivity index (χ1n) is 11.1. The molecule has 0 heterocycles. The first kappa shape index (κ1) is 30.9. The molecule has 178 valence electrons. The fraction of sp³-hybridized carbons (Fsp3) is 0.560. The van der Waals surface area contributed by atoms with Gasteiger partial charge < -0.3 is 25.8 Å². The lowest BCUT2D eigenvalue weighted by Gasteiger charge is -2.27. The first-order valence-corrected chi connectivity index (χ1v) is 11.1. The van der Waals surface area contributed by atoms with Gasteiger partial charge in [-0.25, -0.2) is 4.79 Å². The second-order valence-electron chi connectivity index (χ2n) is 7.30. The van der Waals surface area contributed by atoms with Crippen LogP contribution in [-0.2, 0) is 11.2 Å². The third-order valence-electron chi connectivity index (χ3n) is 3.70. The zero-order valence-corrected chi connectivity index (χ0v) is 20.9. The topological polar surface area (TPSA) is 90.8 Å². The van der Waals surface area contributed by atoms with Crippen molar-refractivity contribution in [2.45, 2.75) is 66.9 Å². The summed E-state index contributed by atoms with van der Waals surface area (Å²) in [6.45, 7) is 15.2. The van der Waals surface area contributed by atoms with Crippen molar-refractivity contribution in [3.63, 3.8) is 0 Å². The summed E-state index contributed by atoms with van der Waals surface area (Å²) in [7, 11) is 1.50. The number of benzene rings is 1. The molecule has 31 heavy (non-hydrogen) atoms. The third-order valence-corrected chi connectivity index (χ3v) is 3.70. The van der Waals surface area contributed by atoms with Crippen LogP contribution in [0.1, 0.15) is 60.5 Å². The van der Waals surface area contributed by atoms with E-state index in [1.807, 2.05) is 91.0 Å². The standard InChI is InChI=1S/C22H34N2O3.C2H6.CH5N/c1-6-10-19(7-2)26-20-12-8-11-18(17-20)13-16-24(15-9-14-23)21(25)27-22(3,4)5;2*1-2/h6-8,10-12,17H,9,13-16,23H2,1-5H3;1-2H3;2H2,1H3/b10-6-,19-7+;;. The van der Waals surface area contributed by atoms with E-state index in [0.29, 0.717) is 19.6 Å². The quantitative estimate of drug-likeness (QED) is 0.407. The Kier molecular flexibility index (Phi) is 18.4. The fourth-order valence-electron chi connectivity index (χ4n) is 2.42. The Morgan fingerprint density at radius 2 is 1.77 bits per heavy atom. The highest BCUT2D eigenvalue weighted by molar-refractivity contribution is 5.68. The highest BCUT2D eigenvalue weighted by atomic mass is 16.6. The molecular weight excluding hydrogens is 390 g/mol. The normalized spacial score (nSPS) is 11.1. The molecule has 1 aromatic rings. The van der Waals surface area contributed by atoms with Gasteiger partial charge in [0, 0.05) is 13.1 Å². The zero-order chi connectivity index (χ0) is 24.3. The average Bonchev–Trinajstić information content (AvgIpc) is 2.75. The van der Waals surface area contributed by atoms with Crippen LogP contribution in [0.3, 0.4) is 0 Å². The number of allylic oxidation sites excluding steroid dienone is 3. The van der Waals surface area contributed by atoms with Crippen molar-refractivity contribution >= 4 is 6.09 Å². The number of hydrogen-bond acceptors (Lipinski definition) is 5. The van der Waals surface area contributed by atoms with E-state index in [1.54, 1.807) is 4.90 Å². The molecule has 0 spiro atoms. The molecule has 0 unspecified atom stereocenters. The Morgan fingerprint density at radius 1 is 1.13 bits per heavy atom. The molecule has 0 saturated carbocycles. The van der Waals surface area contributed by atoms with E-state index in [4.69, 9.17) is 15.2 Å². The van der Waals surface area contributed by atoms with Gasteiger partial charge in [-0.15, -0.1) is 0 Å². The maximum absolute atomic E-state index is 12.4. The van der Waals surface area contributed by atoms with E-state index < -0.39 is 5.60 Å². The number of carbonyl (C=O) groups is 1. The predicted octanol–water partition coefficient (Wildman–Crippen LogP) is 5.27. The molecule has 1 rings (SSSR count). The van der Waals surface area contributed by atoms with Crippen LogP contribution in [0.5, 0.6) is 5.75 Å². The maximum Gasteiger partial charge on any atom is 0.410 e. The highest BCUT2D eigenvalue weighted by Gasteiger charge is 2.21. The third kappa shape index (κ3) is 15.2. The van der Waals surface area contributed by atoms with E-state index in [1.165, 1.54) is 7.05 Å². The van der Waals surface area contributed by atoms with Crippen LogP contribution >= 0.6 is 0 Å². The van der Waals surface area contributed by atoms with Crippen molar-refractivity contribution in [3.05, 3.63) is 53.8 Å². The number of nitrogens with two attached hydrogens (primary N) is 2. The van der Waals surface area contributed by atoms with Crippen molar-refractivity contribution < 1.29 is 14.3 Å². The second kappa shape index (κ2) is 18.5. The van der Waals surface area contributed by atoms with Crippen molar-refractivity contribution in [2.75, 3.05) is 26.7 Å². The Hall–Kier alpha value is -2.31. The summed E-state index contributed by atoms with van der Waals surface area (Å²) in [6.07, 6.45) is 6.95. The number of amides is 1. The summed E-state index contributed by atoms with van der Waals surface area (Å²) in [5.41, 5.74) is 10.7. The van der Waals surface area contributed by atoms with Crippen LogP contribution < -0.4 is 16.2 Å². The second-order valence-corrected chi connectivity index (χ2v) is 7.30. The van der Waals surface area contributed by atoms with E-state index in [9.17, 15) is 4.79 Å². The summed E-state index contributed by atoms with van der Waals surface area (Å²) in [6, 6.07) is 7.93. The lowest BCUT2D eigenvalue weighted by atomic mass is 10.1. The monoisotopic (exact) mass is 435 g/mol. The number of nitrogens with zero attached hydrogens (tertiary/aromatic N) is 1. The molecule has 0 saturated heterocycles. The number of carbonyl (C=O) groups excluding carboxylic acids is 1. The molecule has 0 aliphatic heterocycles. The predicted molar refractivity (Wildman–Crippen MR) is 132 cm³/mol. The van der Waals surface area contributed by atoms with E-state index >= 15 is 0 Å². The summed E-state index contributed by atoms with van der Waals surface area (Å²) >= 11 is 0. The molecule has 0 atom stereocenters. The minimum Gasteiger partial charge on any atom is -0.458 e. The SMILES string of the molecule is C/C=C\C(=C/C)Oc1cccc(CCN(CCCN)C(=O)OC(C)(C)C)c1.CC.CN. The van der Waals surface area contributed by atoms with Gasteiger partial charge in [0.1, 0.15) is 17.1 Å². The van der Waals surface area contributed by atoms with Crippen LogP contribution in [0.25, 0.3) is 0 Å². The van der Waals surface area contributed by atoms with Crippen LogP contribution in [-0.4, -0.2) is 43.3 Å². The number of hydrogen-bond donors (Lipinski definition) is 2. The van der Waals surface area contributed by atoms with Crippen LogP contribution in [0.2, 0.25) is 0 Å². The molecule has 0 aromatic heterocycles. The van der Waals surface area contributed by atoms with Gasteiger partial charge in [-0.05, 0) is 90.9 Å². The molecule has 0 bridgehead atoms. The molecule has 4 N–H and O–H groups in total. The van der Waals surface area contributed by atoms with Gasteiger partial charge in [-0.3, -0.25) is 0 Å². The van der Waals surface area contributed by atoms with Gasteiger partial charge in [0.05, 0.1) is 0 Å². The van der Waals surface area contributed by atoms with E-state index in [0.717, 1.165) is 29.9 Å². The molecule has 6 heteroatoms. The van der Waals surface area contributed by atoms with Gasteiger partial charge >= 0.3 is 6.09 Å². The Morgan fingerprint density at radius 3 is 2.29 bits per heavy atom. The van der Waals surface area contributed by atoms with Crippen LogP contribution in [0, 0.1) is 0 Å². The molecule has 0 fully saturated rings. The van der Waals surface area contributed by atoms with Crippen molar-refractivity contribution in [3.8, 4) is 5.75 Å². The summed E-state index contributed by atoms with van der Waals surface area (Å²) in [5.74, 6) is 1.58. The lowest BCUT2D eigenvalue weighted by Crippen LogP contribution is -2.39. The van der Waals surface area contributed by atoms with Crippen LogP contribution in [0.4, 0.5) is 4.79 Å². The first-order chi connectivity index (χ1) is 14.8. The van der Waals surface area contributed by atoms with Crippen molar-refractivity contribution in [1.29, 1.82) is 0 Å². The average molecular weight is 436 g/mol. The van der Waals surface area contributed by atoms with Gasteiger partial charge in [0.2, 0.25) is 0 Å². The molecule has 0 aliphatic carbocycles. The van der Waals surface area contributed by atoms with Gasteiger partial charge in [-0.1, -0.05) is 32.1 Å². The Balaban J connectivity index is 0. The van der Waals surface area contributed by atoms with Crippen molar-refractivity contribution in [2.24, 2.45) is 11.5 Å². The minimum atomic E-state index is -0.512. The highest BCUT2D eigenvalue weighted by Crippen LogP contribution is 2.18. The number of rotatable bonds is 9. The van der Waals surface area contributed by atoms with Gasteiger partial charge in [-0.2, -0.15) is 0 Å². The molecule has 1 amide bonds. The summed E-state index contributed by atoms with van der Waals surface area (Å²) in [4.78, 5) is 14.2. The smallest absolute Gasteiger partial charge is 0.410 e. The summed E-state index contributed by atoms with van der Waals surface area (Å²) < 4.78 is 11.4. The van der Waals surface area contributed by atoms with Crippen molar-refractivity contribution in [1.82, 2.24) is 4.90 Å². The largest absolute Gasteiger partial charge is 0.458 e. The molecule has 6 nitrogen and oxygen atoms in total.